The van der Waals surface area contributed by atoms with Gasteiger partial charge in [-0.15, -0.1) is 0 Å². The van der Waals surface area contributed by atoms with Gasteiger partial charge < -0.3 is 9.64 Å². The monoisotopic (exact) mass is 383 g/mol. The lowest BCUT2D eigenvalue weighted by atomic mass is 10.1. The molecule has 0 aliphatic carbocycles. The molecule has 2 aliphatic rings. The minimum atomic E-state index is 0.671. The van der Waals surface area contributed by atoms with Crippen molar-refractivity contribution in [2.24, 2.45) is 10.9 Å². The number of benzene rings is 2. The molecule has 0 spiro atoms. The Morgan fingerprint density at radius 1 is 1.04 bits per heavy atom. The molecule has 0 amide bonds. The summed E-state index contributed by atoms with van der Waals surface area (Å²) in [6.07, 6.45) is 1.25. The van der Waals surface area contributed by atoms with Crippen LogP contribution in [0.15, 0.2) is 47.5 Å². The summed E-state index contributed by atoms with van der Waals surface area (Å²) in [7, 11) is 0. The fourth-order valence-corrected chi connectivity index (χ4v) is 3.73. The lowest BCUT2D eigenvalue weighted by Gasteiger charge is -2.36. The van der Waals surface area contributed by atoms with Crippen LogP contribution >= 0.6 is 11.6 Å². The van der Waals surface area contributed by atoms with Gasteiger partial charge in [-0.2, -0.15) is 0 Å². The Balaban J connectivity index is 1.61. The second-order valence-electron chi connectivity index (χ2n) is 7.66. The van der Waals surface area contributed by atoms with Crippen LogP contribution in [0.1, 0.15) is 25.8 Å². The van der Waals surface area contributed by atoms with Crippen LogP contribution in [0, 0.1) is 5.92 Å². The van der Waals surface area contributed by atoms with Crippen LogP contribution < -0.4 is 4.74 Å². The van der Waals surface area contributed by atoms with E-state index in [-0.39, 0.29) is 0 Å². The molecule has 2 aliphatic heterocycles. The van der Waals surface area contributed by atoms with Crippen molar-refractivity contribution in [2.75, 3.05) is 32.7 Å². The zero-order chi connectivity index (χ0) is 18.8. The predicted octanol–water partition coefficient (Wildman–Crippen LogP) is 5.19. The molecule has 0 unspecified atom stereocenters. The predicted molar refractivity (Wildman–Crippen MR) is 112 cm³/mol. The van der Waals surface area contributed by atoms with E-state index < -0.39 is 0 Å². The van der Waals surface area contributed by atoms with Gasteiger partial charge in [-0.25, -0.2) is 4.99 Å². The number of para-hydroxylation sites is 1. The van der Waals surface area contributed by atoms with Crippen LogP contribution in [0.25, 0.3) is 0 Å². The fraction of sp³-hybridized carbons (Fsp3) is 0.409. The largest absolute Gasteiger partial charge is 0.454 e. The number of rotatable bonds is 3. The highest BCUT2D eigenvalue weighted by Crippen LogP contribution is 2.39. The van der Waals surface area contributed by atoms with Crippen LogP contribution in [0.5, 0.6) is 11.5 Å². The molecule has 2 heterocycles. The van der Waals surface area contributed by atoms with Crippen molar-refractivity contribution in [3.8, 4) is 11.5 Å². The average Bonchev–Trinajstić information content (AvgIpc) is 2.83. The topological polar surface area (TPSA) is 28.1 Å². The van der Waals surface area contributed by atoms with Crippen LogP contribution in [-0.4, -0.2) is 48.4 Å². The second kappa shape index (κ2) is 7.91. The molecule has 5 heteroatoms. The first-order valence-corrected chi connectivity index (χ1v) is 10.1. The summed E-state index contributed by atoms with van der Waals surface area (Å²) < 4.78 is 6.15. The Bertz CT molecular complexity index is 841. The summed E-state index contributed by atoms with van der Waals surface area (Å²) in [5.41, 5.74) is 1.83. The minimum absolute atomic E-state index is 0.671. The molecule has 0 radical (unpaired) electrons. The number of fused-ring (bicyclic) bond motifs is 2. The van der Waals surface area contributed by atoms with Crippen molar-refractivity contribution in [2.45, 2.75) is 20.3 Å². The standard InChI is InChI=1S/C22H26ClN3O/c1-16(2)9-10-25-11-13-26(14-12-25)22-18-5-3-4-6-20(18)27-21-8-7-17(23)15-19(21)24-22/h3-8,15-16H,9-14H2,1-2H3. The van der Waals surface area contributed by atoms with Gasteiger partial charge in [0.2, 0.25) is 0 Å². The fourth-order valence-electron chi connectivity index (χ4n) is 3.56. The second-order valence-corrected chi connectivity index (χ2v) is 8.09. The molecule has 142 valence electrons. The van der Waals surface area contributed by atoms with Crippen molar-refractivity contribution in [3.63, 3.8) is 0 Å². The summed E-state index contributed by atoms with van der Waals surface area (Å²) in [4.78, 5) is 9.91. The van der Waals surface area contributed by atoms with Gasteiger partial charge in [-0.3, -0.25) is 4.90 Å². The minimum Gasteiger partial charge on any atom is -0.454 e. The molecule has 4 nitrogen and oxygen atoms in total. The SMILES string of the molecule is CC(C)CCN1CCN(C2=Nc3cc(Cl)ccc3Oc3ccccc32)CC1. The zero-order valence-electron chi connectivity index (χ0n) is 16.0. The first kappa shape index (κ1) is 18.3. The molecule has 1 fully saturated rings. The van der Waals surface area contributed by atoms with Crippen LogP contribution in [-0.2, 0) is 0 Å². The number of aliphatic imine (C=N–C) groups is 1. The maximum absolute atomic E-state index is 6.21. The number of ether oxygens (including phenoxy) is 1. The van der Waals surface area contributed by atoms with Gasteiger partial charge in [0, 0.05) is 31.2 Å². The van der Waals surface area contributed by atoms with Crippen LogP contribution in [0.4, 0.5) is 5.69 Å². The van der Waals surface area contributed by atoms with Gasteiger partial charge >= 0.3 is 0 Å². The summed E-state index contributed by atoms with van der Waals surface area (Å²) in [6.45, 7) is 9.83. The maximum atomic E-state index is 6.21. The summed E-state index contributed by atoms with van der Waals surface area (Å²) >= 11 is 6.21. The molecule has 1 saturated heterocycles. The van der Waals surface area contributed by atoms with E-state index in [1.165, 1.54) is 13.0 Å². The summed E-state index contributed by atoms with van der Waals surface area (Å²) in [6, 6.07) is 13.8. The number of nitrogens with zero attached hydrogens (tertiary/aromatic N) is 3. The molecule has 0 saturated carbocycles. The smallest absolute Gasteiger partial charge is 0.153 e. The van der Waals surface area contributed by atoms with E-state index in [9.17, 15) is 0 Å². The summed E-state index contributed by atoms with van der Waals surface area (Å²) in [5.74, 6) is 3.33. The van der Waals surface area contributed by atoms with Gasteiger partial charge in [0.15, 0.2) is 5.75 Å². The molecule has 0 aromatic heterocycles. The Kier molecular flexibility index (Phi) is 5.37. The third-order valence-electron chi connectivity index (χ3n) is 5.19. The van der Waals surface area contributed by atoms with Gasteiger partial charge in [0.1, 0.15) is 17.3 Å². The maximum Gasteiger partial charge on any atom is 0.153 e. The molecule has 0 N–H and O–H groups in total. The Morgan fingerprint density at radius 2 is 1.81 bits per heavy atom. The van der Waals surface area contributed by atoms with E-state index in [1.807, 2.05) is 36.4 Å². The van der Waals surface area contributed by atoms with Crippen LogP contribution in [0.2, 0.25) is 5.02 Å². The molecule has 0 atom stereocenters. The lowest BCUT2D eigenvalue weighted by Crippen LogP contribution is -2.49. The molecule has 2 aromatic rings. The zero-order valence-corrected chi connectivity index (χ0v) is 16.7. The van der Waals surface area contributed by atoms with Crippen molar-refractivity contribution >= 4 is 23.1 Å². The molecular formula is C22H26ClN3O. The lowest BCUT2D eigenvalue weighted by molar-refractivity contribution is 0.175. The number of piperazine rings is 1. The van der Waals surface area contributed by atoms with Crippen molar-refractivity contribution in [1.82, 2.24) is 9.80 Å². The van der Waals surface area contributed by atoms with Gasteiger partial charge in [0.05, 0.1) is 5.56 Å². The molecular weight excluding hydrogens is 358 g/mol. The van der Waals surface area contributed by atoms with Crippen molar-refractivity contribution in [1.29, 1.82) is 0 Å². The first-order valence-electron chi connectivity index (χ1n) is 9.73. The molecule has 0 bridgehead atoms. The van der Waals surface area contributed by atoms with Gasteiger partial charge in [-0.05, 0) is 49.2 Å². The highest BCUT2D eigenvalue weighted by Gasteiger charge is 2.25. The third-order valence-corrected chi connectivity index (χ3v) is 5.42. The first-order chi connectivity index (χ1) is 13.1. The van der Waals surface area contributed by atoms with Crippen molar-refractivity contribution < 1.29 is 4.74 Å². The normalized spacial score (nSPS) is 17.0. The summed E-state index contributed by atoms with van der Waals surface area (Å²) in [5, 5.41) is 0.671. The highest BCUT2D eigenvalue weighted by molar-refractivity contribution is 6.31. The molecule has 2 aromatic carbocycles. The van der Waals surface area contributed by atoms with E-state index in [1.54, 1.807) is 0 Å². The van der Waals surface area contributed by atoms with E-state index in [0.717, 1.165) is 60.7 Å². The number of halogens is 1. The van der Waals surface area contributed by atoms with Gasteiger partial charge in [-0.1, -0.05) is 37.6 Å². The highest BCUT2D eigenvalue weighted by atomic mass is 35.5. The average molecular weight is 384 g/mol. The molecule has 27 heavy (non-hydrogen) atoms. The number of hydrogen-bond donors (Lipinski definition) is 0. The Labute approximate surface area is 166 Å². The Morgan fingerprint density at radius 3 is 2.59 bits per heavy atom. The van der Waals surface area contributed by atoms with E-state index in [0.29, 0.717) is 5.02 Å². The number of amidine groups is 1. The van der Waals surface area contributed by atoms with Crippen LogP contribution in [0.3, 0.4) is 0 Å². The third kappa shape index (κ3) is 4.12. The van der Waals surface area contributed by atoms with Crippen molar-refractivity contribution in [3.05, 3.63) is 53.1 Å². The Hall–Kier alpha value is -2.04. The van der Waals surface area contributed by atoms with Gasteiger partial charge in [0.25, 0.3) is 0 Å². The van der Waals surface area contributed by atoms with E-state index in [4.69, 9.17) is 21.3 Å². The van der Waals surface area contributed by atoms with E-state index in [2.05, 4.69) is 29.7 Å². The molecule has 4 rings (SSSR count). The quantitative estimate of drug-likeness (QED) is 0.730. The number of hydrogen-bond acceptors (Lipinski definition) is 4. The van der Waals surface area contributed by atoms with E-state index >= 15 is 0 Å².